The number of benzene rings is 2. The van der Waals surface area contributed by atoms with Crippen LogP contribution in [0.5, 0.6) is 5.75 Å². The Labute approximate surface area is 144 Å². The SMILES string of the molecule is CC.COc1ccccc1C=Nc1ccc(N2CCOCC2)cc1. The third-order valence-electron chi connectivity index (χ3n) is 3.72. The molecule has 2 aromatic carbocycles. The van der Waals surface area contributed by atoms with Gasteiger partial charge < -0.3 is 14.4 Å². The number of methoxy groups -OCH3 is 1. The first kappa shape index (κ1) is 18.0. The first-order valence-electron chi connectivity index (χ1n) is 8.46. The summed E-state index contributed by atoms with van der Waals surface area (Å²) in [5.41, 5.74) is 3.13. The molecule has 1 saturated heterocycles. The van der Waals surface area contributed by atoms with Crippen LogP contribution in [0, 0.1) is 0 Å². The van der Waals surface area contributed by atoms with Crippen molar-refractivity contribution in [2.24, 2.45) is 4.99 Å². The van der Waals surface area contributed by atoms with Crippen LogP contribution in [-0.2, 0) is 4.74 Å². The van der Waals surface area contributed by atoms with E-state index in [4.69, 9.17) is 9.47 Å². The van der Waals surface area contributed by atoms with Crippen molar-refractivity contribution in [2.45, 2.75) is 13.8 Å². The van der Waals surface area contributed by atoms with Gasteiger partial charge in [0.2, 0.25) is 0 Å². The van der Waals surface area contributed by atoms with Crippen LogP contribution in [0.4, 0.5) is 11.4 Å². The number of anilines is 1. The number of rotatable bonds is 4. The van der Waals surface area contributed by atoms with Crippen LogP contribution >= 0.6 is 0 Å². The van der Waals surface area contributed by atoms with Crippen molar-refractivity contribution in [3.63, 3.8) is 0 Å². The van der Waals surface area contributed by atoms with Gasteiger partial charge in [0, 0.05) is 30.6 Å². The fraction of sp³-hybridized carbons (Fsp3) is 0.350. The quantitative estimate of drug-likeness (QED) is 0.785. The number of morpholine rings is 1. The molecule has 0 amide bonds. The van der Waals surface area contributed by atoms with E-state index in [9.17, 15) is 0 Å². The Kier molecular flexibility index (Phi) is 7.30. The summed E-state index contributed by atoms with van der Waals surface area (Å²) in [6.45, 7) is 7.50. The molecule has 1 fully saturated rings. The van der Waals surface area contributed by atoms with Crippen molar-refractivity contribution in [3.8, 4) is 5.75 Å². The Bertz CT molecular complexity index is 632. The number of hydrogen-bond donors (Lipinski definition) is 0. The first-order valence-corrected chi connectivity index (χ1v) is 8.46. The van der Waals surface area contributed by atoms with Crippen molar-refractivity contribution in [1.29, 1.82) is 0 Å². The second kappa shape index (κ2) is 9.73. The zero-order valence-corrected chi connectivity index (χ0v) is 14.7. The highest BCUT2D eigenvalue weighted by molar-refractivity contribution is 5.85. The van der Waals surface area contributed by atoms with Gasteiger partial charge in [-0.25, -0.2) is 0 Å². The van der Waals surface area contributed by atoms with Gasteiger partial charge in [-0.05, 0) is 36.4 Å². The van der Waals surface area contributed by atoms with E-state index < -0.39 is 0 Å². The van der Waals surface area contributed by atoms with Crippen molar-refractivity contribution in [2.75, 3.05) is 38.3 Å². The van der Waals surface area contributed by atoms with E-state index in [0.29, 0.717) is 0 Å². The number of aliphatic imine (C=N–C) groups is 1. The standard InChI is InChI=1S/C18H20N2O2.C2H6/c1-21-18-5-3-2-4-15(18)14-19-16-6-8-17(9-7-16)20-10-12-22-13-11-20;1-2/h2-9,14H,10-13H2,1H3;1-2H3. The molecule has 24 heavy (non-hydrogen) atoms. The highest BCUT2D eigenvalue weighted by Gasteiger charge is 2.10. The van der Waals surface area contributed by atoms with Crippen LogP contribution in [0.3, 0.4) is 0 Å². The smallest absolute Gasteiger partial charge is 0.127 e. The van der Waals surface area contributed by atoms with E-state index in [2.05, 4.69) is 22.0 Å². The van der Waals surface area contributed by atoms with E-state index in [1.807, 2.05) is 56.5 Å². The summed E-state index contributed by atoms with van der Waals surface area (Å²) in [6.07, 6.45) is 1.84. The Morgan fingerprint density at radius 1 is 1.00 bits per heavy atom. The molecule has 0 unspecified atom stereocenters. The predicted octanol–water partition coefficient (Wildman–Crippen LogP) is 4.31. The zero-order valence-electron chi connectivity index (χ0n) is 14.7. The summed E-state index contributed by atoms with van der Waals surface area (Å²) >= 11 is 0. The van der Waals surface area contributed by atoms with Crippen LogP contribution < -0.4 is 9.64 Å². The maximum Gasteiger partial charge on any atom is 0.127 e. The molecule has 3 rings (SSSR count). The second-order valence-corrected chi connectivity index (χ2v) is 5.12. The first-order chi connectivity index (χ1) is 11.9. The molecule has 0 aromatic heterocycles. The third kappa shape index (κ3) is 4.83. The lowest BCUT2D eigenvalue weighted by molar-refractivity contribution is 0.122. The molecule has 0 aliphatic carbocycles. The third-order valence-corrected chi connectivity index (χ3v) is 3.72. The van der Waals surface area contributed by atoms with Gasteiger partial charge >= 0.3 is 0 Å². The summed E-state index contributed by atoms with van der Waals surface area (Å²) in [6, 6.07) is 16.2. The van der Waals surface area contributed by atoms with Crippen LogP contribution in [0.1, 0.15) is 19.4 Å². The van der Waals surface area contributed by atoms with E-state index in [-0.39, 0.29) is 0 Å². The highest BCUT2D eigenvalue weighted by Crippen LogP contribution is 2.21. The lowest BCUT2D eigenvalue weighted by Crippen LogP contribution is -2.36. The fourth-order valence-electron chi connectivity index (χ4n) is 2.49. The molecule has 4 heteroatoms. The molecule has 128 valence electrons. The van der Waals surface area contributed by atoms with Crippen LogP contribution in [0.2, 0.25) is 0 Å². The zero-order chi connectivity index (χ0) is 17.2. The van der Waals surface area contributed by atoms with Crippen LogP contribution in [-0.4, -0.2) is 39.6 Å². The highest BCUT2D eigenvalue weighted by atomic mass is 16.5. The molecule has 0 N–H and O–H groups in total. The van der Waals surface area contributed by atoms with Gasteiger partial charge in [0.1, 0.15) is 5.75 Å². The molecule has 2 aromatic rings. The van der Waals surface area contributed by atoms with Gasteiger partial charge in [0.15, 0.2) is 0 Å². The molecule has 0 spiro atoms. The molecule has 1 aliphatic heterocycles. The number of nitrogens with zero attached hydrogens (tertiary/aromatic N) is 2. The van der Waals surface area contributed by atoms with E-state index in [1.54, 1.807) is 7.11 Å². The molecule has 0 bridgehead atoms. The molecule has 1 aliphatic rings. The van der Waals surface area contributed by atoms with Crippen molar-refractivity contribution < 1.29 is 9.47 Å². The molecule has 1 heterocycles. The Balaban J connectivity index is 0.00000100. The average Bonchev–Trinajstić information content (AvgIpc) is 2.69. The maximum atomic E-state index is 5.38. The molecular weight excluding hydrogens is 300 g/mol. The van der Waals surface area contributed by atoms with Gasteiger partial charge in [-0.15, -0.1) is 0 Å². The minimum Gasteiger partial charge on any atom is -0.496 e. The van der Waals surface area contributed by atoms with Gasteiger partial charge in [-0.1, -0.05) is 26.0 Å². The Morgan fingerprint density at radius 2 is 1.67 bits per heavy atom. The molecule has 4 nitrogen and oxygen atoms in total. The summed E-state index contributed by atoms with van der Waals surface area (Å²) in [7, 11) is 1.67. The Hall–Kier alpha value is -2.33. The monoisotopic (exact) mass is 326 g/mol. The van der Waals surface area contributed by atoms with Crippen molar-refractivity contribution in [3.05, 3.63) is 54.1 Å². The molecule has 0 saturated carbocycles. The summed E-state index contributed by atoms with van der Waals surface area (Å²) < 4.78 is 10.7. The number of hydrogen-bond acceptors (Lipinski definition) is 4. The minimum absolute atomic E-state index is 0.799. The second-order valence-electron chi connectivity index (χ2n) is 5.12. The number of ether oxygens (including phenoxy) is 2. The molecule has 0 radical (unpaired) electrons. The van der Waals surface area contributed by atoms with Crippen molar-refractivity contribution in [1.82, 2.24) is 0 Å². The van der Waals surface area contributed by atoms with Gasteiger partial charge in [-0.2, -0.15) is 0 Å². The summed E-state index contributed by atoms with van der Waals surface area (Å²) in [5, 5.41) is 0. The average molecular weight is 326 g/mol. The van der Waals surface area contributed by atoms with Crippen molar-refractivity contribution >= 4 is 17.6 Å². The lowest BCUT2D eigenvalue weighted by Gasteiger charge is -2.28. The normalized spacial score (nSPS) is 14.2. The molecular formula is C20H26N2O2. The topological polar surface area (TPSA) is 34.1 Å². The predicted molar refractivity (Wildman–Crippen MR) is 101 cm³/mol. The number of para-hydroxylation sites is 1. The van der Waals surface area contributed by atoms with E-state index in [1.165, 1.54) is 5.69 Å². The fourth-order valence-corrected chi connectivity index (χ4v) is 2.49. The summed E-state index contributed by atoms with van der Waals surface area (Å²) in [4.78, 5) is 6.85. The lowest BCUT2D eigenvalue weighted by atomic mass is 10.2. The van der Waals surface area contributed by atoms with Gasteiger partial charge in [0.25, 0.3) is 0 Å². The maximum absolute atomic E-state index is 5.38. The van der Waals surface area contributed by atoms with E-state index >= 15 is 0 Å². The summed E-state index contributed by atoms with van der Waals surface area (Å²) in [5.74, 6) is 0.830. The molecule has 0 atom stereocenters. The minimum atomic E-state index is 0.799. The van der Waals surface area contributed by atoms with Gasteiger partial charge in [0.05, 0.1) is 26.0 Å². The van der Waals surface area contributed by atoms with E-state index in [0.717, 1.165) is 43.3 Å². The van der Waals surface area contributed by atoms with Gasteiger partial charge in [-0.3, -0.25) is 4.99 Å². The van der Waals surface area contributed by atoms with Crippen LogP contribution in [0.25, 0.3) is 0 Å². The largest absolute Gasteiger partial charge is 0.496 e. The Morgan fingerprint density at radius 3 is 2.33 bits per heavy atom. The van der Waals surface area contributed by atoms with Crippen LogP contribution in [0.15, 0.2) is 53.5 Å².